The van der Waals surface area contributed by atoms with Crippen molar-refractivity contribution in [2.45, 2.75) is 44.8 Å². The monoisotopic (exact) mass is 295 g/mol. The van der Waals surface area contributed by atoms with Crippen LogP contribution in [0, 0.1) is 5.82 Å². The molecule has 1 aliphatic heterocycles. The zero-order chi connectivity index (χ0) is 15.2. The van der Waals surface area contributed by atoms with Gasteiger partial charge in [-0.3, -0.25) is 4.79 Å². The van der Waals surface area contributed by atoms with Crippen LogP contribution in [0.25, 0.3) is 0 Å². The topological polar surface area (TPSA) is 49.8 Å². The fraction of sp³-hybridized carbons (Fsp3) is 0.562. The standard InChI is InChI=1S/C16H22FNO3/c1-12(21-15-9-5-4-8-14(15)17)16(20)18-10-6-2-3-7-13(18)11-19/h4-5,8-9,12-13,19H,2-3,6-7,10-11H2,1H3. The molecule has 0 saturated carbocycles. The first-order valence-electron chi connectivity index (χ1n) is 7.46. The molecule has 1 fully saturated rings. The Morgan fingerprint density at radius 2 is 2.19 bits per heavy atom. The molecule has 1 aromatic rings. The number of nitrogens with zero attached hydrogens (tertiary/aromatic N) is 1. The second-order valence-corrected chi connectivity index (χ2v) is 5.41. The maximum atomic E-state index is 13.6. The van der Waals surface area contributed by atoms with Crippen LogP contribution in [0.4, 0.5) is 4.39 Å². The Balaban J connectivity index is 2.05. The summed E-state index contributed by atoms with van der Waals surface area (Å²) in [4.78, 5) is 14.2. The summed E-state index contributed by atoms with van der Waals surface area (Å²) in [6.45, 7) is 2.20. The van der Waals surface area contributed by atoms with E-state index in [1.54, 1.807) is 24.0 Å². The summed E-state index contributed by atoms with van der Waals surface area (Å²) in [5.41, 5.74) is 0. The summed E-state index contributed by atoms with van der Waals surface area (Å²) in [6.07, 6.45) is 3.03. The molecule has 1 N–H and O–H groups in total. The number of ether oxygens (including phenoxy) is 1. The van der Waals surface area contributed by atoms with Crippen LogP contribution in [0.5, 0.6) is 5.75 Å². The van der Waals surface area contributed by atoms with Crippen molar-refractivity contribution in [1.82, 2.24) is 4.90 Å². The molecule has 0 radical (unpaired) electrons. The fourth-order valence-electron chi connectivity index (χ4n) is 2.67. The van der Waals surface area contributed by atoms with Gasteiger partial charge in [0.25, 0.3) is 5.91 Å². The van der Waals surface area contributed by atoms with Crippen molar-refractivity contribution < 1.29 is 19.0 Å². The van der Waals surface area contributed by atoms with Crippen LogP contribution in [-0.4, -0.2) is 41.2 Å². The molecule has 0 bridgehead atoms. The van der Waals surface area contributed by atoms with Gasteiger partial charge in [0.1, 0.15) is 0 Å². The van der Waals surface area contributed by atoms with E-state index in [0.717, 1.165) is 25.7 Å². The molecule has 0 aromatic heterocycles. The lowest BCUT2D eigenvalue weighted by Crippen LogP contribution is -2.47. The lowest BCUT2D eigenvalue weighted by Gasteiger charge is -2.31. The van der Waals surface area contributed by atoms with Gasteiger partial charge < -0.3 is 14.7 Å². The van der Waals surface area contributed by atoms with E-state index in [-0.39, 0.29) is 24.3 Å². The van der Waals surface area contributed by atoms with E-state index >= 15 is 0 Å². The van der Waals surface area contributed by atoms with Crippen molar-refractivity contribution in [3.63, 3.8) is 0 Å². The maximum absolute atomic E-state index is 13.6. The van der Waals surface area contributed by atoms with Gasteiger partial charge in [-0.2, -0.15) is 0 Å². The first-order chi connectivity index (χ1) is 10.1. The predicted octanol–water partition coefficient (Wildman–Crippen LogP) is 2.36. The molecule has 1 saturated heterocycles. The average molecular weight is 295 g/mol. The van der Waals surface area contributed by atoms with Gasteiger partial charge in [0, 0.05) is 6.54 Å². The van der Waals surface area contributed by atoms with Gasteiger partial charge in [-0.15, -0.1) is 0 Å². The van der Waals surface area contributed by atoms with Crippen molar-refractivity contribution in [3.05, 3.63) is 30.1 Å². The summed E-state index contributed by atoms with van der Waals surface area (Å²) in [5.74, 6) is -0.598. The minimum atomic E-state index is -0.769. The Labute approximate surface area is 124 Å². The van der Waals surface area contributed by atoms with Gasteiger partial charge in [0.15, 0.2) is 17.7 Å². The van der Waals surface area contributed by atoms with Gasteiger partial charge in [-0.25, -0.2) is 4.39 Å². The molecule has 2 atom stereocenters. The SMILES string of the molecule is CC(Oc1ccccc1F)C(=O)N1CCCCCC1CO. The third kappa shape index (κ3) is 3.94. The number of halogens is 1. The molecule has 4 nitrogen and oxygen atoms in total. The van der Waals surface area contributed by atoms with E-state index < -0.39 is 11.9 Å². The minimum Gasteiger partial charge on any atom is -0.478 e. The summed E-state index contributed by atoms with van der Waals surface area (Å²) in [6, 6.07) is 5.88. The number of para-hydroxylation sites is 1. The molecule has 0 aliphatic carbocycles. The molecule has 1 aliphatic rings. The highest BCUT2D eigenvalue weighted by atomic mass is 19.1. The van der Waals surface area contributed by atoms with Crippen molar-refractivity contribution in [3.8, 4) is 5.75 Å². The molecule has 1 heterocycles. The van der Waals surface area contributed by atoms with E-state index in [1.807, 2.05) is 0 Å². The number of carbonyl (C=O) groups is 1. The maximum Gasteiger partial charge on any atom is 0.263 e. The lowest BCUT2D eigenvalue weighted by molar-refractivity contribution is -0.141. The Hall–Kier alpha value is -1.62. The number of likely N-dealkylation sites (tertiary alicyclic amines) is 1. The van der Waals surface area contributed by atoms with Crippen LogP contribution < -0.4 is 4.74 Å². The second kappa shape index (κ2) is 7.41. The van der Waals surface area contributed by atoms with E-state index in [9.17, 15) is 14.3 Å². The van der Waals surface area contributed by atoms with Crippen molar-refractivity contribution >= 4 is 5.91 Å². The normalized spacial score (nSPS) is 20.7. The smallest absolute Gasteiger partial charge is 0.263 e. The molecule has 0 spiro atoms. The van der Waals surface area contributed by atoms with Gasteiger partial charge >= 0.3 is 0 Å². The molecular weight excluding hydrogens is 273 g/mol. The van der Waals surface area contributed by atoms with Crippen molar-refractivity contribution in [2.24, 2.45) is 0 Å². The average Bonchev–Trinajstić information content (AvgIpc) is 2.73. The molecule has 1 amide bonds. The van der Waals surface area contributed by atoms with Crippen LogP contribution in [0.15, 0.2) is 24.3 Å². The van der Waals surface area contributed by atoms with Crippen LogP contribution in [0.2, 0.25) is 0 Å². The number of rotatable bonds is 4. The Morgan fingerprint density at radius 1 is 1.43 bits per heavy atom. The van der Waals surface area contributed by atoms with Crippen LogP contribution in [0.1, 0.15) is 32.6 Å². The minimum absolute atomic E-state index is 0.0435. The molecule has 5 heteroatoms. The molecular formula is C16H22FNO3. The van der Waals surface area contributed by atoms with Crippen LogP contribution in [0.3, 0.4) is 0 Å². The highest BCUT2D eigenvalue weighted by molar-refractivity contribution is 5.81. The summed E-state index contributed by atoms with van der Waals surface area (Å²) in [7, 11) is 0. The van der Waals surface area contributed by atoms with Crippen molar-refractivity contribution in [2.75, 3.05) is 13.2 Å². The third-order valence-corrected chi connectivity index (χ3v) is 3.86. The first kappa shape index (κ1) is 15.8. The number of aliphatic hydroxyl groups excluding tert-OH is 1. The Kier molecular flexibility index (Phi) is 5.56. The number of aliphatic hydroxyl groups is 1. The Bertz CT molecular complexity index is 480. The molecule has 2 rings (SSSR count). The van der Waals surface area contributed by atoms with Gasteiger partial charge in [0.05, 0.1) is 12.6 Å². The number of hydrogen-bond acceptors (Lipinski definition) is 3. The Morgan fingerprint density at radius 3 is 2.90 bits per heavy atom. The summed E-state index contributed by atoms with van der Waals surface area (Å²) >= 11 is 0. The highest BCUT2D eigenvalue weighted by Gasteiger charge is 2.29. The molecule has 21 heavy (non-hydrogen) atoms. The number of carbonyl (C=O) groups excluding carboxylic acids is 1. The van der Waals surface area contributed by atoms with E-state index in [2.05, 4.69) is 0 Å². The largest absolute Gasteiger partial charge is 0.478 e. The van der Waals surface area contributed by atoms with E-state index in [4.69, 9.17) is 4.74 Å². The second-order valence-electron chi connectivity index (χ2n) is 5.41. The van der Waals surface area contributed by atoms with Crippen LogP contribution >= 0.6 is 0 Å². The highest BCUT2D eigenvalue weighted by Crippen LogP contribution is 2.21. The van der Waals surface area contributed by atoms with E-state index in [0.29, 0.717) is 6.54 Å². The molecule has 2 unspecified atom stereocenters. The van der Waals surface area contributed by atoms with Gasteiger partial charge in [0.2, 0.25) is 0 Å². The van der Waals surface area contributed by atoms with E-state index in [1.165, 1.54) is 12.1 Å². The molecule has 1 aromatic carbocycles. The number of benzene rings is 1. The van der Waals surface area contributed by atoms with Crippen LogP contribution in [-0.2, 0) is 4.79 Å². The number of amides is 1. The van der Waals surface area contributed by atoms with Gasteiger partial charge in [-0.1, -0.05) is 25.0 Å². The summed E-state index contributed by atoms with van der Waals surface area (Å²) in [5, 5.41) is 9.46. The zero-order valence-electron chi connectivity index (χ0n) is 12.3. The van der Waals surface area contributed by atoms with Crippen molar-refractivity contribution in [1.29, 1.82) is 0 Å². The summed E-state index contributed by atoms with van der Waals surface area (Å²) < 4.78 is 19.0. The quantitative estimate of drug-likeness (QED) is 0.927. The lowest BCUT2D eigenvalue weighted by atomic mass is 10.1. The molecule has 116 valence electrons. The first-order valence-corrected chi connectivity index (χ1v) is 7.46. The third-order valence-electron chi connectivity index (χ3n) is 3.86. The fourth-order valence-corrected chi connectivity index (χ4v) is 2.67. The number of hydrogen-bond donors (Lipinski definition) is 1. The van der Waals surface area contributed by atoms with Gasteiger partial charge in [-0.05, 0) is 31.9 Å². The predicted molar refractivity (Wildman–Crippen MR) is 77.5 cm³/mol. The zero-order valence-corrected chi connectivity index (χ0v) is 12.3.